The zero-order chi connectivity index (χ0) is 14.5. The van der Waals surface area contributed by atoms with Crippen molar-refractivity contribution < 1.29 is 9.18 Å². The zero-order valence-electron chi connectivity index (χ0n) is 12.1. The first-order valence-corrected chi connectivity index (χ1v) is 7.26. The van der Waals surface area contributed by atoms with Gasteiger partial charge in [0, 0.05) is 19.1 Å². The molecular formula is C15H22FN3O. The minimum absolute atomic E-state index is 0.106. The molecule has 0 saturated carbocycles. The molecule has 110 valence electrons. The number of pyridine rings is 1. The van der Waals surface area contributed by atoms with Crippen LogP contribution in [-0.4, -0.2) is 41.5 Å². The Labute approximate surface area is 119 Å². The molecule has 0 aromatic carbocycles. The number of hydrogen-bond donors (Lipinski definition) is 1. The van der Waals surface area contributed by atoms with Gasteiger partial charge in [0.05, 0.1) is 6.20 Å². The molecular weight excluding hydrogens is 257 g/mol. The van der Waals surface area contributed by atoms with Gasteiger partial charge in [-0.1, -0.05) is 13.8 Å². The fraction of sp³-hybridized carbons (Fsp3) is 0.600. The number of halogens is 1. The molecule has 1 aromatic rings. The summed E-state index contributed by atoms with van der Waals surface area (Å²) in [6.07, 6.45) is 3.16. The highest BCUT2D eigenvalue weighted by Crippen LogP contribution is 2.18. The smallest absolute Gasteiger partial charge is 0.272 e. The van der Waals surface area contributed by atoms with Crippen molar-refractivity contribution in [3.8, 4) is 0 Å². The Morgan fingerprint density at radius 2 is 2.35 bits per heavy atom. The zero-order valence-corrected chi connectivity index (χ0v) is 12.1. The van der Waals surface area contributed by atoms with E-state index in [1.54, 1.807) is 0 Å². The van der Waals surface area contributed by atoms with Gasteiger partial charge in [-0.05, 0) is 37.4 Å². The fourth-order valence-corrected chi connectivity index (χ4v) is 2.63. The van der Waals surface area contributed by atoms with Crippen LogP contribution in [0.25, 0.3) is 0 Å². The van der Waals surface area contributed by atoms with E-state index in [0.717, 1.165) is 38.7 Å². The monoisotopic (exact) mass is 279 g/mol. The highest BCUT2D eigenvalue weighted by atomic mass is 19.1. The van der Waals surface area contributed by atoms with Crippen LogP contribution in [0.15, 0.2) is 18.3 Å². The van der Waals surface area contributed by atoms with Crippen molar-refractivity contribution in [1.29, 1.82) is 0 Å². The lowest BCUT2D eigenvalue weighted by atomic mass is 9.93. The minimum atomic E-state index is -0.419. The SMILES string of the molecule is CCCNC1CCN(C(=O)c2ccc(F)cn2)CC1C. The van der Waals surface area contributed by atoms with Gasteiger partial charge < -0.3 is 10.2 Å². The van der Waals surface area contributed by atoms with Crippen LogP contribution in [0.3, 0.4) is 0 Å². The van der Waals surface area contributed by atoms with E-state index in [1.807, 2.05) is 4.90 Å². The minimum Gasteiger partial charge on any atom is -0.337 e. The van der Waals surface area contributed by atoms with Crippen LogP contribution < -0.4 is 5.32 Å². The van der Waals surface area contributed by atoms with E-state index in [1.165, 1.54) is 12.1 Å². The quantitative estimate of drug-likeness (QED) is 0.917. The Morgan fingerprint density at radius 3 is 2.95 bits per heavy atom. The van der Waals surface area contributed by atoms with Crippen LogP contribution in [0.4, 0.5) is 4.39 Å². The molecule has 1 N–H and O–H groups in total. The Morgan fingerprint density at radius 1 is 1.55 bits per heavy atom. The summed E-state index contributed by atoms with van der Waals surface area (Å²) in [4.78, 5) is 18.0. The van der Waals surface area contributed by atoms with E-state index >= 15 is 0 Å². The van der Waals surface area contributed by atoms with Crippen LogP contribution in [-0.2, 0) is 0 Å². The van der Waals surface area contributed by atoms with Gasteiger partial charge in [0.15, 0.2) is 0 Å². The van der Waals surface area contributed by atoms with Crippen LogP contribution >= 0.6 is 0 Å². The average Bonchev–Trinajstić information content (AvgIpc) is 2.46. The second kappa shape index (κ2) is 6.79. The predicted octanol–water partition coefficient (Wildman–Crippen LogP) is 2.07. The molecule has 1 aliphatic heterocycles. The Balaban J connectivity index is 1.95. The van der Waals surface area contributed by atoms with Gasteiger partial charge in [0.1, 0.15) is 11.5 Å². The lowest BCUT2D eigenvalue weighted by Crippen LogP contribution is -2.50. The third-order valence-corrected chi connectivity index (χ3v) is 3.80. The summed E-state index contributed by atoms with van der Waals surface area (Å²) in [6.45, 7) is 6.77. The van der Waals surface area contributed by atoms with E-state index in [-0.39, 0.29) is 5.91 Å². The van der Waals surface area contributed by atoms with Gasteiger partial charge in [-0.3, -0.25) is 4.79 Å². The molecule has 2 heterocycles. The van der Waals surface area contributed by atoms with Gasteiger partial charge in [-0.15, -0.1) is 0 Å². The van der Waals surface area contributed by atoms with Gasteiger partial charge in [-0.25, -0.2) is 9.37 Å². The van der Waals surface area contributed by atoms with E-state index in [0.29, 0.717) is 17.7 Å². The normalized spacial score (nSPS) is 22.9. The number of nitrogens with one attached hydrogen (secondary N) is 1. The lowest BCUT2D eigenvalue weighted by molar-refractivity contribution is 0.0639. The number of hydrogen-bond acceptors (Lipinski definition) is 3. The maximum absolute atomic E-state index is 12.8. The molecule has 2 atom stereocenters. The number of carbonyl (C=O) groups is 1. The maximum atomic E-state index is 12.8. The lowest BCUT2D eigenvalue weighted by Gasteiger charge is -2.37. The Bertz CT molecular complexity index is 449. The molecule has 0 bridgehead atoms. The van der Waals surface area contributed by atoms with Crippen molar-refractivity contribution in [2.75, 3.05) is 19.6 Å². The number of amides is 1. The molecule has 1 fully saturated rings. The standard InChI is InChI=1S/C15H22FN3O/c1-3-7-17-13-6-8-19(10-11(13)2)15(20)14-5-4-12(16)9-18-14/h4-5,9,11,13,17H,3,6-8,10H2,1-2H3. The number of piperidine rings is 1. The van der Waals surface area contributed by atoms with E-state index in [9.17, 15) is 9.18 Å². The van der Waals surface area contributed by atoms with Crippen LogP contribution in [0.1, 0.15) is 37.2 Å². The first kappa shape index (κ1) is 14.9. The van der Waals surface area contributed by atoms with E-state index in [2.05, 4.69) is 24.1 Å². The topological polar surface area (TPSA) is 45.2 Å². The first-order valence-electron chi connectivity index (χ1n) is 7.26. The van der Waals surface area contributed by atoms with Crippen LogP contribution in [0.5, 0.6) is 0 Å². The number of likely N-dealkylation sites (tertiary alicyclic amines) is 1. The fourth-order valence-electron chi connectivity index (χ4n) is 2.63. The third-order valence-electron chi connectivity index (χ3n) is 3.80. The summed E-state index contributed by atoms with van der Waals surface area (Å²) in [5.41, 5.74) is 0.318. The summed E-state index contributed by atoms with van der Waals surface area (Å²) < 4.78 is 12.8. The molecule has 0 spiro atoms. The molecule has 2 rings (SSSR count). The van der Waals surface area contributed by atoms with Gasteiger partial charge in [-0.2, -0.15) is 0 Å². The van der Waals surface area contributed by atoms with Crippen LogP contribution in [0.2, 0.25) is 0 Å². The molecule has 1 amide bonds. The molecule has 1 aliphatic rings. The Kier molecular flexibility index (Phi) is 5.06. The summed E-state index contributed by atoms with van der Waals surface area (Å²) >= 11 is 0. The summed E-state index contributed by atoms with van der Waals surface area (Å²) in [5, 5.41) is 3.52. The largest absolute Gasteiger partial charge is 0.337 e. The molecule has 0 radical (unpaired) electrons. The molecule has 5 heteroatoms. The third kappa shape index (κ3) is 3.54. The van der Waals surface area contributed by atoms with Crippen molar-refractivity contribution in [2.45, 2.75) is 32.7 Å². The van der Waals surface area contributed by atoms with Crippen molar-refractivity contribution in [3.63, 3.8) is 0 Å². The summed E-state index contributed by atoms with van der Waals surface area (Å²) in [7, 11) is 0. The van der Waals surface area contributed by atoms with Gasteiger partial charge in [0.25, 0.3) is 5.91 Å². The van der Waals surface area contributed by atoms with Crippen molar-refractivity contribution in [3.05, 3.63) is 29.8 Å². The predicted molar refractivity (Wildman–Crippen MR) is 76.0 cm³/mol. The molecule has 2 unspecified atom stereocenters. The molecule has 1 saturated heterocycles. The number of aromatic nitrogens is 1. The molecule has 0 aliphatic carbocycles. The molecule has 1 aromatic heterocycles. The van der Waals surface area contributed by atoms with Crippen LogP contribution in [0, 0.1) is 11.7 Å². The number of rotatable bonds is 4. The second-order valence-electron chi connectivity index (χ2n) is 5.44. The van der Waals surface area contributed by atoms with Crippen molar-refractivity contribution in [2.24, 2.45) is 5.92 Å². The molecule has 20 heavy (non-hydrogen) atoms. The van der Waals surface area contributed by atoms with Gasteiger partial charge >= 0.3 is 0 Å². The average molecular weight is 279 g/mol. The first-order chi connectivity index (χ1) is 9.61. The Hall–Kier alpha value is -1.49. The van der Waals surface area contributed by atoms with E-state index in [4.69, 9.17) is 0 Å². The summed E-state index contributed by atoms with van der Waals surface area (Å²) in [5.74, 6) is -0.108. The molecule has 4 nitrogen and oxygen atoms in total. The van der Waals surface area contributed by atoms with E-state index < -0.39 is 5.82 Å². The second-order valence-corrected chi connectivity index (χ2v) is 5.44. The van der Waals surface area contributed by atoms with Gasteiger partial charge in [0.2, 0.25) is 0 Å². The highest BCUT2D eigenvalue weighted by Gasteiger charge is 2.29. The number of nitrogens with zero attached hydrogens (tertiary/aromatic N) is 2. The van der Waals surface area contributed by atoms with Crippen molar-refractivity contribution >= 4 is 5.91 Å². The maximum Gasteiger partial charge on any atom is 0.272 e. The summed E-state index contributed by atoms with van der Waals surface area (Å²) in [6, 6.07) is 3.20. The van der Waals surface area contributed by atoms with Crippen molar-refractivity contribution in [1.82, 2.24) is 15.2 Å². The number of carbonyl (C=O) groups excluding carboxylic acids is 1. The highest BCUT2D eigenvalue weighted by molar-refractivity contribution is 5.92.